The first-order valence-corrected chi connectivity index (χ1v) is 7.19. The number of hydrogen-bond acceptors (Lipinski definition) is 4. The lowest BCUT2D eigenvalue weighted by Gasteiger charge is -2.11. The van der Waals surface area contributed by atoms with Gasteiger partial charge >= 0.3 is 0 Å². The van der Waals surface area contributed by atoms with Crippen molar-refractivity contribution in [3.05, 3.63) is 47.3 Å². The molecule has 5 nitrogen and oxygen atoms in total. The minimum absolute atomic E-state index is 0.326. The summed E-state index contributed by atoms with van der Waals surface area (Å²) in [6.45, 7) is 3.35. The molecule has 0 unspecified atom stereocenters. The lowest BCUT2D eigenvalue weighted by Crippen LogP contribution is -2.25. The number of rotatable bonds is 3. The SMILES string of the molecule is C=CCS(=O)(=O)c1c(O)c2ccccc2n(C)c1=O. The third-order valence-corrected chi connectivity index (χ3v) is 4.55. The van der Waals surface area contributed by atoms with Gasteiger partial charge in [-0.3, -0.25) is 4.79 Å². The first-order valence-electron chi connectivity index (χ1n) is 5.54. The zero-order valence-electron chi connectivity index (χ0n) is 10.3. The van der Waals surface area contributed by atoms with Gasteiger partial charge in [-0.1, -0.05) is 18.2 Å². The van der Waals surface area contributed by atoms with Crippen molar-refractivity contribution < 1.29 is 13.5 Å². The molecule has 0 aliphatic heterocycles. The Hall–Kier alpha value is -2.08. The zero-order valence-corrected chi connectivity index (χ0v) is 11.1. The van der Waals surface area contributed by atoms with Gasteiger partial charge in [0.1, 0.15) is 5.75 Å². The van der Waals surface area contributed by atoms with E-state index in [-0.39, 0.29) is 0 Å². The van der Waals surface area contributed by atoms with Crippen LogP contribution in [0.4, 0.5) is 0 Å². The molecule has 100 valence electrons. The van der Waals surface area contributed by atoms with Crippen molar-refractivity contribution in [1.82, 2.24) is 4.57 Å². The Balaban J connectivity index is 2.99. The summed E-state index contributed by atoms with van der Waals surface area (Å²) in [5.74, 6) is -0.894. The molecule has 0 aliphatic carbocycles. The maximum Gasteiger partial charge on any atom is 0.273 e. The number of aromatic hydroxyl groups is 1. The second-order valence-corrected chi connectivity index (χ2v) is 6.10. The van der Waals surface area contributed by atoms with Crippen molar-refractivity contribution in [3.63, 3.8) is 0 Å². The van der Waals surface area contributed by atoms with Gasteiger partial charge in [0.2, 0.25) is 0 Å². The summed E-state index contributed by atoms with van der Waals surface area (Å²) < 4.78 is 25.3. The fraction of sp³-hybridized carbons (Fsp3) is 0.154. The van der Waals surface area contributed by atoms with Crippen LogP contribution in [0.1, 0.15) is 0 Å². The van der Waals surface area contributed by atoms with Crippen LogP contribution in [0.2, 0.25) is 0 Å². The molecule has 2 aromatic rings. The van der Waals surface area contributed by atoms with Crippen LogP contribution in [0, 0.1) is 0 Å². The van der Waals surface area contributed by atoms with E-state index in [1.165, 1.54) is 17.7 Å². The zero-order chi connectivity index (χ0) is 14.2. The maximum atomic E-state index is 12.1. The van der Waals surface area contributed by atoms with Crippen LogP contribution in [-0.2, 0) is 16.9 Å². The fourth-order valence-electron chi connectivity index (χ4n) is 1.97. The first-order chi connectivity index (χ1) is 8.90. The van der Waals surface area contributed by atoms with Crippen molar-refractivity contribution in [2.24, 2.45) is 7.05 Å². The van der Waals surface area contributed by atoms with E-state index < -0.39 is 31.8 Å². The lowest BCUT2D eigenvalue weighted by molar-refractivity contribution is 0.461. The minimum Gasteiger partial charge on any atom is -0.506 e. The van der Waals surface area contributed by atoms with Crippen LogP contribution in [0.5, 0.6) is 5.75 Å². The van der Waals surface area contributed by atoms with E-state index in [1.807, 2.05) is 0 Å². The molecular weight excluding hydrogens is 266 g/mol. The Morgan fingerprint density at radius 1 is 1.37 bits per heavy atom. The molecule has 19 heavy (non-hydrogen) atoms. The predicted molar refractivity (Wildman–Crippen MR) is 73.1 cm³/mol. The summed E-state index contributed by atoms with van der Waals surface area (Å²) in [6, 6.07) is 6.58. The van der Waals surface area contributed by atoms with Crippen molar-refractivity contribution >= 4 is 20.7 Å². The Morgan fingerprint density at radius 3 is 2.63 bits per heavy atom. The number of benzene rings is 1. The second kappa shape index (κ2) is 4.55. The van der Waals surface area contributed by atoms with Gasteiger partial charge in [0.15, 0.2) is 14.7 Å². The van der Waals surface area contributed by atoms with Crippen LogP contribution in [0.25, 0.3) is 10.9 Å². The quantitative estimate of drug-likeness (QED) is 0.857. The molecule has 0 bridgehead atoms. The van der Waals surface area contributed by atoms with Crippen molar-refractivity contribution in [2.75, 3.05) is 5.75 Å². The van der Waals surface area contributed by atoms with Crippen LogP contribution >= 0.6 is 0 Å². The molecule has 0 atom stereocenters. The molecule has 1 aromatic heterocycles. The van der Waals surface area contributed by atoms with Crippen molar-refractivity contribution in [1.29, 1.82) is 0 Å². The largest absolute Gasteiger partial charge is 0.506 e. The van der Waals surface area contributed by atoms with Crippen LogP contribution in [0.3, 0.4) is 0 Å². The molecule has 2 rings (SSSR count). The highest BCUT2D eigenvalue weighted by molar-refractivity contribution is 7.91. The molecule has 0 saturated heterocycles. The minimum atomic E-state index is -3.89. The Labute approximate surface area is 110 Å². The van der Waals surface area contributed by atoms with E-state index in [2.05, 4.69) is 6.58 Å². The molecule has 0 aliphatic rings. The maximum absolute atomic E-state index is 12.1. The van der Waals surface area contributed by atoms with Crippen molar-refractivity contribution in [3.8, 4) is 5.75 Å². The Kier molecular flexibility index (Phi) is 3.20. The lowest BCUT2D eigenvalue weighted by atomic mass is 10.2. The number of aromatic nitrogens is 1. The average Bonchev–Trinajstić information content (AvgIpc) is 2.36. The molecule has 1 aromatic carbocycles. The smallest absolute Gasteiger partial charge is 0.273 e. The third kappa shape index (κ3) is 2.04. The highest BCUT2D eigenvalue weighted by Crippen LogP contribution is 2.29. The van der Waals surface area contributed by atoms with Gasteiger partial charge < -0.3 is 9.67 Å². The topological polar surface area (TPSA) is 76.4 Å². The molecule has 1 heterocycles. The Bertz CT molecular complexity index is 818. The molecular formula is C13H13NO4S. The van der Waals surface area contributed by atoms with E-state index in [0.717, 1.165) is 0 Å². The van der Waals surface area contributed by atoms with Gasteiger partial charge in [0.05, 0.1) is 11.3 Å². The highest BCUT2D eigenvalue weighted by Gasteiger charge is 2.25. The van der Waals surface area contributed by atoms with E-state index >= 15 is 0 Å². The number of sulfone groups is 1. The Morgan fingerprint density at radius 2 is 2.00 bits per heavy atom. The molecule has 0 radical (unpaired) electrons. The number of pyridine rings is 1. The standard InChI is InChI=1S/C13H13NO4S/c1-3-8-19(17,18)12-11(15)9-6-4-5-7-10(9)14(2)13(12)16/h3-7,15H,1,8H2,2H3. The van der Waals surface area contributed by atoms with Gasteiger partial charge in [-0.2, -0.15) is 0 Å². The summed E-state index contributed by atoms with van der Waals surface area (Å²) in [5, 5.41) is 10.4. The number of hydrogen-bond donors (Lipinski definition) is 1. The monoisotopic (exact) mass is 279 g/mol. The number of aryl methyl sites for hydroxylation is 1. The van der Waals surface area contributed by atoms with Crippen LogP contribution in [-0.4, -0.2) is 23.8 Å². The van der Waals surface area contributed by atoms with Gasteiger partial charge in [0.25, 0.3) is 5.56 Å². The van der Waals surface area contributed by atoms with Gasteiger partial charge in [-0.15, -0.1) is 6.58 Å². The number of fused-ring (bicyclic) bond motifs is 1. The molecule has 0 saturated carbocycles. The first kappa shape index (κ1) is 13.4. The molecule has 6 heteroatoms. The average molecular weight is 279 g/mol. The predicted octanol–water partition coefficient (Wildman–Crippen LogP) is 1.20. The molecule has 0 amide bonds. The van der Waals surface area contributed by atoms with E-state index in [9.17, 15) is 18.3 Å². The van der Waals surface area contributed by atoms with Gasteiger partial charge in [0, 0.05) is 12.4 Å². The number of nitrogens with zero attached hydrogens (tertiary/aromatic N) is 1. The van der Waals surface area contributed by atoms with Gasteiger partial charge in [-0.25, -0.2) is 8.42 Å². The molecule has 0 spiro atoms. The fourth-order valence-corrected chi connectivity index (χ4v) is 3.25. The summed E-state index contributed by atoms with van der Waals surface area (Å²) in [7, 11) is -2.42. The summed E-state index contributed by atoms with van der Waals surface area (Å²) >= 11 is 0. The summed E-state index contributed by atoms with van der Waals surface area (Å²) in [6.07, 6.45) is 1.18. The van der Waals surface area contributed by atoms with E-state index in [4.69, 9.17) is 0 Å². The second-order valence-electron chi connectivity index (χ2n) is 4.13. The van der Waals surface area contributed by atoms with Gasteiger partial charge in [-0.05, 0) is 12.1 Å². The summed E-state index contributed by atoms with van der Waals surface area (Å²) in [5.41, 5.74) is -0.263. The normalized spacial score (nSPS) is 11.6. The third-order valence-electron chi connectivity index (χ3n) is 2.88. The number of para-hydroxylation sites is 1. The van der Waals surface area contributed by atoms with E-state index in [1.54, 1.807) is 24.3 Å². The van der Waals surface area contributed by atoms with Crippen molar-refractivity contribution in [2.45, 2.75) is 4.90 Å². The molecule has 1 N–H and O–H groups in total. The van der Waals surface area contributed by atoms with E-state index in [0.29, 0.717) is 10.9 Å². The van der Waals surface area contributed by atoms with Crippen LogP contribution < -0.4 is 5.56 Å². The summed E-state index contributed by atoms with van der Waals surface area (Å²) in [4.78, 5) is 11.5. The highest BCUT2D eigenvalue weighted by atomic mass is 32.2. The molecule has 0 fully saturated rings. The van der Waals surface area contributed by atoms with Crippen LogP contribution in [0.15, 0.2) is 46.6 Å².